The van der Waals surface area contributed by atoms with E-state index in [0.29, 0.717) is 13.1 Å². The molecular formula is C21H25NO3S. The summed E-state index contributed by atoms with van der Waals surface area (Å²) in [5.41, 5.74) is 2.05. The largest absolute Gasteiger partial charge is 0.497 e. The Balaban J connectivity index is 1.76. The quantitative estimate of drug-likeness (QED) is 0.789. The van der Waals surface area contributed by atoms with E-state index in [0.717, 1.165) is 30.6 Å². The molecule has 26 heavy (non-hydrogen) atoms. The fourth-order valence-electron chi connectivity index (χ4n) is 3.30. The van der Waals surface area contributed by atoms with Crippen LogP contribution in [0.25, 0.3) is 6.08 Å². The summed E-state index contributed by atoms with van der Waals surface area (Å²) in [6, 6.07) is 17.5. The van der Waals surface area contributed by atoms with Crippen molar-refractivity contribution < 1.29 is 13.2 Å². The van der Waals surface area contributed by atoms with Crippen LogP contribution in [0.3, 0.4) is 0 Å². The molecule has 0 radical (unpaired) electrons. The van der Waals surface area contributed by atoms with Crippen molar-refractivity contribution >= 4 is 16.1 Å². The number of benzene rings is 2. The number of nitrogens with zero attached hydrogens (tertiary/aromatic N) is 1. The van der Waals surface area contributed by atoms with Crippen molar-refractivity contribution in [3.8, 4) is 5.75 Å². The standard InChI is InChI=1S/C21H25NO3S/c1-25-21-12-10-19(11-13-21)20-9-5-6-15-22(17-20)26(23,24)16-14-18-7-3-2-4-8-18/h2-4,7-8,10-14,16,20H,5-6,9,15,17H2,1H3/b16-14+. The molecule has 2 aromatic rings. The Labute approximate surface area is 156 Å². The van der Waals surface area contributed by atoms with E-state index in [9.17, 15) is 8.42 Å². The predicted molar refractivity (Wildman–Crippen MR) is 106 cm³/mol. The van der Waals surface area contributed by atoms with Crippen LogP contribution in [0.15, 0.2) is 60.0 Å². The van der Waals surface area contributed by atoms with Crippen molar-refractivity contribution in [2.75, 3.05) is 20.2 Å². The maximum atomic E-state index is 12.8. The van der Waals surface area contributed by atoms with E-state index in [2.05, 4.69) is 0 Å². The first kappa shape index (κ1) is 18.7. The van der Waals surface area contributed by atoms with Gasteiger partial charge in [0.25, 0.3) is 0 Å². The molecule has 0 bridgehead atoms. The van der Waals surface area contributed by atoms with Gasteiger partial charge in [0.15, 0.2) is 0 Å². The van der Waals surface area contributed by atoms with Gasteiger partial charge in [-0.15, -0.1) is 0 Å². The lowest BCUT2D eigenvalue weighted by atomic mass is 9.94. The summed E-state index contributed by atoms with van der Waals surface area (Å²) in [5.74, 6) is 1.03. The minimum Gasteiger partial charge on any atom is -0.497 e. The Morgan fingerprint density at radius 1 is 1.04 bits per heavy atom. The van der Waals surface area contributed by atoms with E-state index in [1.165, 1.54) is 11.0 Å². The van der Waals surface area contributed by atoms with E-state index >= 15 is 0 Å². The molecule has 0 spiro atoms. The van der Waals surface area contributed by atoms with Gasteiger partial charge in [0.2, 0.25) is 10.0 Å². The van der Waals surface area contributed by atoms with Crippen molar-refractivity contribution in [2.24, 2.45) is 0 Å². The molecule has 1 atom stereocenters. The highest BCUT2D eigenvalue weighted by Gasteiger charge is 2.26. The third-order valence-corrected chi connectivity index (χ3v) is 6.34. The third-order valence-electron chi connectivity index (χ3n) is 4.81. The zero-order chi connectivity index (χ0) is 18.4. The molecule has 0 amide bonds. The first-order valence-corrected chi connectivity index (χ1v) is 10.5. The van der Waals surface area contributed by atoms with Crippen LogP contribution in [-0.2, 0) is 10.0 Å². The molecule has 1 saturated heterocycles. The fourth-order valence-corrected chi connectivity index (χ4v) is 4.57. The molecule has 1 heterocycles. The summed E-state index contributed by atoms with van der Waals surface area (Å²) in [7, 11) is -1.78. The van der Waals surface area contributed by atoms with Crippen LogP contribution in [0, 0.1) is 0 Å². The van der Waals surface area contributed by atoms with Crippen molar-refractivity contribution in [3.05, 3.63) is 71.1 Å². The monoisotopic (exact) mass is 371 g/mol. The summed E-state index contributed by atoms with van der Waals surface area (Å²) in [4.78, 5) is 0. The number of rotatable bonds is 5. The van der Waals surface area contributed by atoms with Gasteiger partial charge in [-0.05, 0) is 48.1 Å². The zero-order valence-corrected chi connectivity index (χ0v) is 15.9. The lowest BCUT2D eigenvalue weighted by Crippen LogP contribution is -2.32. The van der Waals surface area contributed by atoms with Crippen LogP contribution in [0.4, 0.5) is 0 Å². The van der Waals surface area contributed by atoms with Gasteiger partial charge in [-0.2, -0.15) is 4.31 Å². The molecule has 1 aliphatic heterocycles. The first-order valence-electron chi connectivity index (χ1n) is 8.96. The number of ether oxygens (including phenoxy) is 1. The molecule has 2 aromatic carbocycles. The second-order valence-corrected chi connectivity index (χ2v) is 8.40. The number of hydrogen-bond acceptors (Lipinski definition) is 3. The average Bonchev–Trinajstić information content (AvgIpc) is 2.94. The number of hydrogen-bond donors (Lipinski definition) is 0. The third kappa shape index (κ3) is 4.74. The first-order chi connectivity index (χ1) is 12.6. The molecule has 138 valence electrons. The lowest BCUT2D eigenvalue weighted by molar-refractivity contribution is 0.408. The van der Waals surface area contributed by atoms with Gasteiger partial charge in [0.1, 0.15) is 5.75 Å². The minimum atomic E-state index is -3.43. The maximum absolute atomic E-state index is 12.8. The molecule has 5 heteroatoms. The van der Waals surface area contributed by atoms with Crippen LogP contribution in [0.5, 0.6) is 5.75 Å². The average molecular weight is 372 g/mol. The summed E-state index contributed by atoms with van der Waals surface area (Å²) in [5, 5.41) is 1.33. The van der Waals surface area contributed by atoms with E-state index in [1.54, 1.807) is 17.5 Å². The molecule has 1 fully saturated rings. The SMILES string of the molecule is COc1ccc(C2CCCCN(S(=O)(=O)/C=C/c3ccccc3)C2)cc1. The van der Waals surface area contributed by atoms with Gasteiger partial charge in [-0.1, -0.05) is 48.9 Å². The highest BCUT2D eigenvalue weighted by molar-refractivity contribution is 7.92. The van der Waals surface area contributed by atoms with Gasteiger partial charge in [0, 0.05) is 18.5 Å². The van der Waals surface area contributed by atoms with Gasteiger partial charge >= 0.3 is 0 Å². The second-order valence-electron chi connectivity index (χ2n) is 6.58. The topological polar surface area (TPSA) is 46.6 Å². The van der Waals surface area contributed by atoms with Crippen molar-refractivity contribution in [2.45, 2.75) is 25.2 Å². The van der Waals surface area contributed by atoms with E-state index in [1.807, 2.05) is 54.6 Å². The molecular weight excluding hydrogens is 346 g/mol. The van der Waals surface area contributed by atoms with Crippen LogP contribution < -0.4 is 4.74 Å². The van der Waals surface area contributed by atoms with Crippen LogP contribution in [0.2, 0.25) is 0 Å². The van der Waals surface area contributed by atoms with Crippen LogP contribution in [-0.4, -0.2) is 32.9 Å². The van der Waals surface area contributed by atoms with Gasteiger partial charge in [-0.3, -0.25) is 0 Å². The molecule has 0 aliphatic carbocycles. The van der Waals surface area contributed by atoms with E-state index < -0.39 is 10.0 Å². The molecule has 0 N–H and O–H groups in total. The normalized spacial score (nSPS) is 19.3. The van der Waals surface area contributed by atoms with Crippen LogP contribution >= 0.6 is 0 Å². The Morgan fingerprint density at radius 2 is 1.77 bits per heavy atom. The van der Waals surface area contributed by atoms with Crippen molar-refractivity contribution in [1.82, 2.24) is 4.31 Å². The molecule has 1 unspecified atom stereocenters. The molecule has 4 nitrogen and oxygen atoms in total. The summed E-state index contributed by atoms with van der Waals surface area (Å²) < 4.78 is 32.5. The lowest BCUT2D eigenvalue weighted by Gasteiger charge is -2.23. The maximum Gasteiger partial charge on any atom is 0.236 e. The van der Waals surface area contributed by atoms with Crippen LogP contribution in [0.1, 0.15) is 36.3 Å². The van der Waals surface area contributed by atoms with Crippen molar-refractivity contribution in [3.63, 3.8) is 0 Å². The Kier molecular flexibility index (Phi) is 6.12. The Bertz CT molecular complexity index is 829. The zero-order valence-electron chi connectivity index (χ0n) is 15.0. The fraction of sp³-hybridized carbons (Fsp3) is 0.333. The molecule has 3 rings (SSSR count). The predicted octanol–water partition coefficient (Wildman–Crippen LogP) is 4.27. The summed E-state index contributed by atoms with van der Waals surface area (Å²) >= 11 is 0. The molecule has 0 saturated carbocycles. The minimum absolute atomic E-state index is 0.211. The highest BCUT2D eigenvalue weighted by atomic mass is 32.2. The van der Waals surface area contributed by atoms with Crippen molar-refractivity contribution in [1.29, 1.82) is 0 Å². The second kappa shape index (κ2) is 8.52. The molecule has 0 aromatic heterocycles. The summed E-state index contributed by atoms with van der Waals surface area (Å²) in [6.07, 6.45) is 4.60. The van der Waals surface area contributed by atoms with E-state index in [4.69, 9.17) is 4.74 Å². The van der Waals surface area contributed by atoms with Gasteiger partial charge in [0.05, 0.1) is 7.11 Å². The smallest absolute Gasteiger partial charge is 0.236 e. The van der Waals surface area contributed by atoms with E-state index in [-0.39, 0.29) is 5.92 Å². The highest BCUT2D eigenvalue weighted by Crippen LogP contribution is 2.29. The Hall–Kier alpha value is -2.11. The Morgan fingerprint density at radius 3 is 2.46 bits per heavy atom. The number of sulfonamides is 1. The van der Waals surface area contributed by atoms with Gasteiger partial charge < -0.3 is 4.74 Å². The van der Waals surface area contributed by atoms with Gasteiger partial charge in [-0.25, -0.2) is 8.42 Å². The number of methoxy groups -OCH3 is 1. The summed E-state index contributed by atoms with van der Waals surface area (Å²) in [6.45, 7) is 1.10. The molecule has 1 aliphatic rings.